The van der Waals surface area contributed by atoms with Gasteiger partial charge in [-0.3, -0.25) is 4.79 Å². The molecule has 28 heavy (non-hydrogen) atoms. The van der Waals surface area contributed by atoms with Gasteiger partial charge in [0.15, 0.2) is 9.84 Å². The van der Waals surface area contributed by atoms with E-state index >= 15 is 0 Å². The molecule has 146 valence electrons. The van der Waals surface area contributed by atoms with Crippen molar-refractivity contribution in [1.82, 2.24) is 5.32 Å². The van der Waals surface area contributed by atoms with Crippen molar-refractivity contribution in [2.75, 3.05) is 6.54 Å². The topological polar surface area (TPSA) is 76.4 Å². The molecule has 0 bridgehead atoms. The first-order chi connectivity index (χ1) is 13.3. The molecule has 3 rings (SSSR count). The predicted octanol–water partition coefficient (Wildman–Crippen LogP) is 4.49. The maximum atomic E-state index is 13.3. The van der Waals surface area contributed by atoms with Crippen LogP contribution in [0.2, 0.25) is 5.02 Å². The van der Waals surface area contributed by atoms with Gasteiger partial charge in [-0.15, -0.1) is 0 Å². The lowest BCUT2D eigenvalue weighted by Gasteiger charge is -2.17. The van der Waals surface area contributed by atoms with Crippen LogP contribution in [0.5, 0.6) is 0 Å². The number of carbonyl (C=O) groups excluding carboxylic acids is 1. The van der Waals surface area contributed by atoms with E-state index in [1.54, 1.807) is 54.6 Å². The van der Waals surface area contributed by atoms with Crippen LogP contribution < -0.4 is 5.32 Å². The molecule has 0 saturated carbocycles. The minimum Gasteiger partial charge on any atom is -0.468 e. The molecule has 2 aromatic carbocycles. The van der Waals surface area contributed by atoms with Crippen molar-refractivity contribution in [2.24, 2.45) is 0 Å². The Morgan fingerprint density at radius 1 is 1.07 bits per heavy atom. The van der Waals surface area contributed by atoms with E-state index in [1.165, 1.54) is 6.26 Å². The van der Waals surface area contributed by atoms with Gasteiger partial charge in [-0.2, -0.15) is 0 Å². The highest BCUT2D eigenvalue weighted by Gasteiger charge is 2.32. The zero-order valence-corrected chi connectivity index (χ0v) is 17.0. The van der Waals surface area contributed by atoms with Gasteiger partial charge in [-0.1, -0.05) is 29.8 Å². The quantitative estimate of drug-likeness (QED) is 0.640. The fraction of sp³-hybridized carbons (Fsp3) is 0.190. The summed E-state index contributed by atoms with van der Waals surface area (Å²) in [5.74, 6) is -0.185. The molecule has 0 saturated heterocycles. The first-order valence-electron chi connectivity index (χ1n) is 8.68. The first kappa shape index (κ1) is 20.2. The van der Waals surface area contributed by atoms with Gasteiger partial charge in [-0.05, 0) is 61.4 Å². The van der Waals surface area contributed by atoms with Gasteiger partial charge in [0, 0.05) is 6.54 Å². The van der Waals surface area contributed by atoms with Gasteiger partial charge in [0.25, 0.3) is 5.91 Å². The van der Waals surface area contributed by atoms with Crippen molar-refractivity contribution < 1.29 is 17.6 Å². The van der Waals surface area contributed by atoms with Crippen LogP contribution in [-0.4, -0.2) is 20.9 Å². The fourth-order valence-electron chi connectivity index (χ4n) is 2.82. The number of nitrogens with one attached hydrogen (secondary N) is 1. The van der Waals surface area contributed by atoms with Crippen molar-refractivity contribution >= 4 is 27.3 Å². The van der Waals surface area contributed by atoms with Crippen molar-refractivity contribution in [3.05, 3.63) is 88.3 Å². The maximum Gasteiger partial charge on any atom is 0.252 e. The van der Waals surface area contributed by atoms with Crippen LogP contribution in [0, 0.1) is 13.8 Å². The summed E-state index contributed by atoms with van der Waals surface area (Å²) in [5.41, 5.74) is 2.16. The zero-order valence-electron chi connectivity index (χ0n) is 15.5. The Morgan fingerprint density at radius 3 is 2.46 bits per heavy atom. The highest BCUT2D eigenvalue weighted by molar-refractivity contribution is 7.91. The van der Waals surface area contributed by atoms with Crippen molar-refractivity contribution in [1.29, 1.82) is 0 Å². The molecule has 5 nitrogen and oxygen atoms in total. The largest absolute Gasteiger partial charge is 0.468 e. The lowest BCUT2D eigenvalue weighted by molar-refractivity contribution is 0.0953. The van der Waals surface area contributed by atoms with E-state index in [-0.39, 0.29) is 22.8 Å². The van der Waals surface area contributed by atoms with Crippen LogP contribution in [0.25, 0.3) is 0 Å². The average molecular weight is 418 g/mol. The SMILES string of the molecule is Cc1ccc(S(=O)(=O)[C@@H](CNC(=O)c2ccccc2Cl)c2ccco2)cc1C. The number of carbonyl (C=O) groups is 1. The molecule has 0 aliphatic rings. The van der Waals surface area contributed by atoms with Gasteiger partial charge < -0.3 is 9.73 Å². The lowest BCUT2D eigenvalue weighted by Crippen LogP contribution is -2.32. The summed E-state index contributed by atoms with van der Waals surface area (Å²) in [6, 6.07) is 14.8. The molecule has 7 heteroatoms. The van der Waals surface area contributed by atoms with E-state index in [0.29, 0.717) is 5.02 Å². The van der Waals surface area contributed by atoms with Crippen LogP contribution in [0.15, 0.2) is 70.2 Å². The summed E-state index contributed by atoms with van der Waals surface area (Å²) >= 11 is 6.05. The molecule has 0 fully saturated rings. The van der Waals surface area contributed by atoms with Crippen molar-refractivity contribution in [3.8, 4) is 0 Å². The molecule has 1 heterocycles. The van der Waals surface area contributed by atoms with Crippen LogP contribution in [0.4, 0.5) is 0 Å². The monoisotopic (exact) mass is 417 g/mol. The molecule has 0 aliphatic carbocycles. The summed E-state index contributed by atoms with van der Waals surface area (Å²) in [4.78, 5) is 12.7. The maximum absolute atomic E-state index is 13.3. The Bertz CT molecular complexity index is 1090. The lowest BCUT2D eigenvalue weighted by atomic mass is 10.1. The summed E-state index contributed by atoms with van der Waals surface area (Å²) in [5, 5.41) is 1.91. The second-order valence-electron chi connectivity index (χ2n) is 6.49. The van der Waals surface area contributed by atoms with Gasteiger partial charge in [-0.25, -0.2) is 8.42 Å². The third-order valence-electron chi connectivity index (χ3n) is 4.61. The number of aryl methyl sites for hydroxylation is 2. The predicted molar refractivity (Wildman–Crippen MR) is 108 cm³/mol. The molecule has 1 aromatic heterocycles. The van der Waals surface area contributed by atoms with E-state index in [1.807, 2.05) is 13.8 Å². The summed E-state index contributed by atoms with van der Waals surface area (Å²) in [6.45, 7) is 3.63. The van der Waals surface area contributed by atoms with Crippen LogP contribution >= 0.6 is 11.6 Å². The molecule has 1 N–H and O–H groups in total. The third-order valence-corrected chi connectivity index (χ3v) is 7.00. The summed E-state index contributed by atoms with van der Waals surface area (Å²) in [7, 11) is -3.79. The Balaban J connectivity index is 1.91. The van der Waals surface area contributed by atoms with Gasteiger partial charge >= 0.3 is 0 Å². The second kappa shape index (κ2) is 8.20. The van der Waals surface area contributed by atoms with E-state index in [4.69, 9.17) is 16.0 Å². The molecular weight excluding hydrogens is 398 g/mol. The zero-order chi connectivity index (χ0) is 20.3. The summed E-state index contributed by atoms with van der Waals surface area (Å²) in [6.07, 6.45) is 1.41. The van der Waals surface area contributed by atoms with Crippen LogP contribution in [-0.2, 0) is 9.84 Å². The normalized spacial score (nSPS) is 12.5. The highest BCUT2D eigenvalue weighted by atomic mass is 35.5. The Labute approximate surface area is 169 Å². The van der Waals surface area contributed by atoms with Crippen molar-refractivity contribution in [2.45, 2.75) is 24.0 Å². The number of benzene rings is 2. The minimum atomic E-state index is -3.79. The number of furan rings is 1. The molecular formula is C21H20ClNO4S. The van der Waals surface area contributed by atoms with Crippen LogP contribution in [0.1, 0.15) is 32.5 Å². The molecule has 1 atom stereocenters. The highest BCUT2D eigenvalue weighted by Crippen LogP contribution is 2.30. The average Bonchev–Trinajstić information content (AvgIpc) is 3.18. The number of rotatable bonds is 6. The van der Waals surface area contributed by atoms with Crippen LogP contribution in [0.3, 0.4) is 0 Å². The molecule has 0 aliphatic heterocycles. The fourth-order valence-corrected chi connectivity index (χ4v) is 4.71. The first-order valence-corrected chi connectivity index (χ1v) is 10.6. The van der Waals surface area contributed by atoms with Gasteiger partial charge in [0.1, 0.15) is 11.0 Å². The molecule has 0 unspecified atom stereocenters. The molecule has 0 spiro atoms. The van der Waals surface area contributed by atoms with E-state index < -0.39 is 21.0 Å². The Hall–Kier alpha value is -2.57. The number of halogens is 1. The Kier molecular flexibility index (Phi) is 5.91. The summed E-state index contributed by atoms with van der Waals surface area (Å²) < 4.78 is 31.9. The minimum absolute atomic E-state index is 0.146. The number of amides is 1. The molecule has 0 radical (unpaired) electrons. The Morgan fingerprint density at radius 2 is 1.82 bits per heavy atom. The number of hydrogen-bond acceptors (Lipinski definition) is 4. The number of hydrogen-bond donors (Lipinski definition) is 1. The van der Waals surface area contributed by atoms with Gasteiger partial charge in [0.2, 0.25) is 0 Å². The third kappa shape index (κ3) is 4.13. The second-order valence-corrected chi connectivity index (χ2v) is 9.02. The van der Waals surface area contributed by atoms with Crippen molar-refractivity contribution in [3.63, 3.8) is 0 Å². The molecule has 1 amide bonds. The smallest absolute Gasteiger partial charge is 0.252 e. The molecule has 3 aromatic rings. The van der Waals surface area contributed by atoms with E-state index in [0.717, 1.165) is 11.1 Å². The number of sulfone groups is 1. The van der Waals surface area contributed by atoms with E-state index in [9.17, 15) is 13.2 Å². The van der Waals surface area contributed by atoms with Gasteiger partial charge in [0.05, 0.1) is 21.7 Å². The standard InChI is InChI=1S/C21H20ClNO4S/c1-14-9-10-16(12-15(14)2)28(25,26)20(19-8-5-11-27-19)13-23-21(24)17-6-3-4-7-18(17)22/h3-12,20H,13H2,1-2H3,(H,23,24)/t20-/m0/s1. The van der Waals surface area contributed by atoms with E-state index in [2.05, 4.69) is 5.32 Å².